The van der Waals surface area contributed by atoms with E-state index >= 15 is 0 Å². The summed E-state index contributed by atoms with van der Waals surface area (Å²) < 4.78 is 6.05. The molecule has 0 atom stereocenters. The van der Waals surface area contributed by atoms with Crippen molar-refractivity contribution in [2.75, 3.05) is 13.7 Å². The van der Waals surface area contributed by atoms with Gasteiger partial charge >= 0.3 is 5.97 Å². The third-order valence-electron chi connectivity index (χ3n) is 3.47. The fourth-order valence-corrected chi connectivity index (χ4v) is 4.25. The average molecular weight is 380 g/mol. The van der Waals surface area contributed by atoms with Gasteiger partial charge in [-0.05, 0) is 28.5 Å². The monoisotopic (exact) mass is 379 g/mol. The van der Waals surface area contributed by atoms with E-state index in [0.717, 1.165) is 15.6 Å². The highest BCUT2D eigenvalue weighted by Gasteiger charge is 2.20. The van der Waals surface area contributed by atoms with Crippen molar-refractivity contribution in [3.8, 4) is 0 Å². The summed E-state index contributed by atoms with van der Waals surface area (Å²) in [7, 11) is 1.68. The third-order valence-corrected chi connectivity index (χ3v) is 5.86. The Kier molecular flexibility index (Phi) is 5.18. The first-order valence-corrected chi connectivity index (χ1v) is 9.29. The standard InChI is InChI=1S/C17H14ClNO3S2/c1-19(8-11-6-7-23-10-11)14(20)9-22-17(21)16-15(18)12-4-2-3-5-13(12)24-16/h2-7,10H,8-9H2,1H3. The number of carbonyl (C=O) groups excluding carboxylic acids is 2. The fourth-order valence-electron chi connectivity index (χ4n) is 2.19. The van der Waals surface area contributed by atoms with Crippen LogP contribution in [0.4, 0.5) is 0 Å². The normalized spacial score (nSPS) is 10.8. The number of halogens is 1. The Labute approximate surface area is 152 Å². The van der Waals surface area contributed by atoms with Gasteiger partial charge in [0.15, 0.2) is 6.61 Å². The molecule has 0 spiro atoms. The average Bonchev–Trinajstić information content (AvgIpc) is 3.20. The number of ether oxygens (including phenoxy) is 1. The molecule has 0 aliphatic rings. The molecule has 0 fully saturated rings. The molecule has 1 amide bonds. The number of hydrogen-bond acceptors (Lipinski definition) is 5. The van der Waals surface area contributed by atoms with Gasteiger partial charge < -0.3 is 9.64 Å². The molecule has 0 aliphatic heterocycles. The lowest BCUT2D eigenvalue weighted by Gasteiger charge is -2.16. The van der Waals surface area contributed by atoms with Gasteiger partial charge in [-0.3, -0.25) is 4.79 Å². The lowest BCUT2D eigenvalue weighted by atomic mass is 10.2. The Morgan fingerprint density at radius 1 is 1.25 bits per heavy atom. The molecule has 0 unspecified atom stereocenters. The highest BCUT2D eigenvalue weighted by Crippen LogP contribution is 2.35. The molecule has 0 aliphatic carbocycles. The maximum absolute atomic E-state index is 12.2. The van der Waals surface area contributed by atoms with Crippen molar-refractivity contribution in [1.82, 2.24) is 4.90 Å². The summed E-state index contributed by atoms with van der Waals surface area (Å²) in [5, 5.41) is 5.13. The van der Waals surface area contributed by atoms with Crippen LogP contribution in [-0.4, -0.2) is 30.4 Å². The molecular formula is C17H14ClNO3S2. The van der Waals surface area contributed by atoms with E-state index < -0.39 is 5.97 Å². The minimum Gasteiger partial charge on any atom is -0.451 e. The number of thiophene rings is 2. The van der Waals surface area contributed by atoms with Gasteiger partial charge in [0, 0.05) is 23.7 Å². The summed E-state index contributed by atoms with van der Waals surface area (Å²) >= 11 is 9.08. The van der Waals surface area contributed by atoms with Crippen LogP contribution in [0.2, 0.25) is 5.02 Å². The van der Waals surface area contributed by atoms with Gasteiger partial charge in [0.1, 0.15) is 4.88 Å². The molecule has 4 nitrogen and oxygen atoms in total. The minimum absolute atomic E-state index is 0.258. The van der Waals surface area contributed by atoms with Gasteiger partial charge in [0.2, 0.25) is 0 Å². The molecular weight excluding hydrogens is 366 g/mol. The second-order valence-electron chi connectivity index (χ2n) is 5.20. The van der Waals surface area contributed by atoms with E-state index in [1.165, 1.54) is 16.2 Å². The van der Waals surface area contributed by atoms with Crippen LogP contribution in [-0.2, 0) is 16.1 Å². The maximum atomic E-state index is 12.2. The summed E-state index contributed by atoms with van der Waals surface area (Å²) in [4.78, 5) is 26.2. The summed E-state index contributed by atoms with van der Waals surface area (Å²) in [6.07, 6.45) is 0. The molecule has 0 saturated carbocycles. The molecule has 2 aromatic heterocycles. The Hall–Kier alpha value is -1.89. The second kappa shape index (κ2) is 7.34. The molecule has 3 aromatic rings. The SMILES string of the molecule is CN(Cc1ccsc1)C(=O)COC(=O)c1sc2ccccc2c1Cl. The van der Waals surface area contributed by atoms with Crippen LogP contribution >= 0.6 is 34.3 Å². The van der Waals surface area contributed by atoms with E-state index in [-0.39, 0.29) is 12.5 Å². The van der Waals surface area contributed by atoms with Crippen LogP contribution in [0.5, 0.6) is 0 Å². The van der Waals surface area contributed by atoms with Crippen molar-refractivity contribution < 1.29 is 14.3 Å². The zero-order valence-electron chi connectivity index (χ0n) is 12.8. The topological polar surface area (TPSA) is 46.6 Å². The van der Waals surface area contributed by atoms with E-state index in [1.807, 2.05) is 41.1 Å². The van der Waals surface area contributed by atoms with Crippen LogP contribution in [0.25, 0.3) is 10.1 Å². The molecule has 0 radical (unpaired) electrons. The molecule has 0 saturated heterocycles. The number of hydrogen-bond donors (Lipinski definition) is 0. The zero-order valence-corrected chi connectivity index (χ0v) is 15.2. The molecule has 0 N–H and O–H groups in total. The summed E-state index contributed by atoms with van der Waals surface area (Å²) in [5.74, 6) is -0.828. The maximum Gasteiger partial charge on any atom is 0.350 e. The van der Waals surface area contributed by atoms with Crippen LogP contribution < -0.4 is 0 Å². The third kappa shape index (κ3) is 3.61. The highest BCUT2D eigenvalue weighted by atomic mass is 35.5. The van der Waals surface area contributed by atoms with Crippen molar-refractivity contribution in [2.24, 2.45) is 0 Å². The van der Waals surface area contributed by atoms with E-state index in [0.29, 0.717) is 16.4 Å². The Balaban J connectivity index is 1.62. The minimum atomic E-state index is -0.571. The predicted octanol–water partition coefficient (Wildman–Crippen LogP) is 4.43. The van der Waals surface area contributed by atoms with Gasteiger partial charge in [0.25, 0.3) is 5.91 Å². The van der Waals surface area contributed by atoms with Gasteiger partial charge in [-0.1, -0.05) is 29.8 Å². The lowest BCUT2D eigenvalue weighted by Crippen LogP contribution is -2.30. The first kappa shape index (κ1) is 17.0. The Bertz CT molecular complexity index is 873. The number of fused-ring (bicyclic) bond motifs is 1. The van der Waals surface area contributed by atoms with Crippen LogP contribution in [0.1, 0.15) is 15.2 Å². The zero-order chi connectivity index (χ0) is 17.1. The Morgan fingerprint density at radius 3 is 2.75 bits per heavy atom. The highest BCUT2D eigenvalue weighted by molar-refractivity contribution is 7.21. The molecule has 7 heteroatoms. The van der Waals surface area contributed by atoms with Gasteiger partial charge in [-0.2, -0.15) is 11.3 Å². The number of likely N-dealkylation sites (N-methyl/N-ethyl adjacent to an activating group) is 1. The first-order valence-electron chi connectivity index (χ1n) is 7.15. The molecule has 3 rings (SSSR count). The van der Waals surface area contributed by atoms with E-state index in [1.54, 1.807) is 18.4 Å². The number of amides is 1. The summed E-state index contributed by atoms with van der Waals surface area (Å²) in [6.45, 7) is 0.188. The smallest absolute Gasteiger partial charge is 0.350 e. The second-order valence-corrected chi connectivity index (χ2v) is 7.41. The molecule has 0 bridgehead atoms. The fraction of sp³-hybridized carbons (Fsp3) is 0.176. The predicted molar refractivity (Wildman–Crippen MR) is 97.9 cm³/mol. The number of rotatable bonds is 5. The number of esters is 1. The van der Waals surface area contributed by atoms with Crippen molar-refractivity contribution in [3.63, 3.8) is 0 Å². The summed E-state index contributed by atoms with van der Waals surface area (Å²) in [5.41, 5.74) is 1.05. The first-order chi connectivity index (χ1) is 11.6. The van der Waals surface area contributed by atoms with Crippen molar-refractivity contribution in [2.45, 2.75) is 6.54 Å². The van der Waals surface area contributed by atoms with Crippen molar-refractivity contribution in [3.05, 3.63) is 56.6 Å². The molecule has 124 valence electrons. The number of benzene rings is 1. The number of nitrogens with zero attached hydrogens (tertiary/aromatic N) is 1. The van der Waals surface area contributed by atoms with E-state index in [4.69, 9.17) is 16.3 Å². The number of carbonyl (C=O) groups is 2. The van der Waals surface area contributed by atoms with Crippen molar-refractivity contribution >= 4 is 56.2 Å². The van der Waals surface area contributed by atoms with Gasteiger partial charge in [-0.15, -0.1) is 11.3 Å². The quantitative estimate of drug-likeness (QED) is 0.616. The Morgan fingerprint density at radius 2 is 2.04 bits per heavy atom. The largest absolute Gasteiger partial charge is 0.451 e. The van der Waals surface area contributed by atoms with Crippen molar-refractivity contribution in [1.29, 1.82) is 0 Å². The molecule has 24 heavy (non-hydrogen) atoms. The molecule has 1 aromatic carbocycles. The van der Waals surface area contributed by atoms with E-state index in [9.17, 15) is 9.59 Å². The summed E-state index contributed by atoms with van der Waals surface area (Å²) in [6, 6.07) is 9.44. The van der Waals surface area contributed by atoms with Crippen LogP contribution in [0, 0.1) is 0 Å². The van der Waals surface area contributed by atoms with Gasteiger partial charge in [-0.25, -0.2) is 4.79 Å². The molecule has 2 heterocycles. The lowest BCUT2D eigenvalue weighted by molar-refractivity contribution is -0.133. The van der Waals surface area contributed by atoms with Crippen LogP contribution in [0.15, 0.2) is 41.1 Å². The van der Waals surface area contributed by atoms with Gasteiger partial charge in [0.05, 0.1) is 5.02 Å². The van der Waals surface area contributed by atoms with E-state index in [2.05, 4.69) is 0 Å². The van der Waals surface area contributed by atoms with Crippen LogP contribution in [0.3, 0.4) is 0 Å².